The summed E-state index contributed by atoms with van der Waals surface area (Å²) in [4.78, 5) is 2.38. The molecule has 2 heteroatoms. The van der Waals surface area contributed by atoms with E-state index in [1.54, 1.807) is 0 Å². The third-order valence-electron chi connectivity index (χ3n) is 2.81. The molecule has 0 amide bonds. The Morgan fingerprint density at radius 3 is 2.81 bits per heavy atom. The molecule has 16 heavy (non-hydrogen) atoms. The molecule has 2 N–H and O–H groups in total. The smallest absolute Gasteiger partial charge is 0.0346 e. The summed E-state index contributed by atoms with van der Waals surface area (Å²) in [7, 11) is 0. The molecule has 0 unspecified atom stereocenters. The maximum absolute atomic E-state index is 5.91. The highest BCUT2D eigenvalue weighted by molar-refractivity contribution is 5.49. The number of hydrogen-bond donors (Lipinski definition) is 1. The van der Waals surface area contributed by atoms with Crippen molar-refractivity contribution < 1.29 is 0 Å². The molecule has 0 aliphatic carbocycles. The first-order valence-electron chi connectivity index (χ1n) is 5.86. The van der Waals surface area contributed by atoms with Crippen LogP contribution in [-0.4, -0.2) is 18.0 Å². The normalized spacial score (nSPS) is 10.7. The standard InChI is InChI=1S/C14H22N2/c1-4-9-16(10-5-2)11-13-7-6-8-14(15)12(13)3/h4,6-8H,1,5,9-11,15H2,2-3H3. The van der Waals surface area contributed by atoms with Gasteiger partial charge in [-0.05, 0) is 37.1 Å². The second-order valence-corrected chi connectivity index (χ2v) is 4.16. The Morgan fingerprint density at radius 2 is 2.19 bits per heavy atom. The molecule has 0 atom stereocenters. The lowest BCUT2D eigenvalue weighted by Gasteiger charge is -2.21. The second kappa shape index (κ2) is 6.33. The van der Waals surface area contributed by atoms with E-state index in [-0.39, 0.29) is 0 Å². The van der Waals surface area contributed by atoms with Crippen LogP contribution in [0, 0.1) is 6.92 Å². The minimum absolute atomic E-state index is 0.882. The molecule has 0 spiro atoms. The quantitative estimate of drug-likeness (QED) is 0.587. The molecule has 1 aromatic carbocycles. The number of anilines is 1. The number of nitrogens with two attached hydrogens (primary N) is 1. The zero-order valence-corrected chi connectivity index (χ0v) is 10.4. The fourth-order valence-electron chi connectivity index (χ4n) is 1.85. The summed E-state index contributed by atoms with van der Waals surface area (Å²) in [6.07, 6.45) is 3.12. The summed E-state index contributed by atoms with van der Waals surface area (Å²) in [5.41, 5.74) is 9.30. The lowest BCUT2D eigenvalue weighted by atomic mass is 10.1. The monoisotopic (exact) mass is 218 g/mol. The maximum Gasteiger partial charge on any atom is 0.0346 e. The lowest BCUT2D eigenvalue weighted by Crippen LogP contribution is -2.24. The second-order valence-electron chi connectivity index (χ2n) is 4.16. The van der Waals surface area contributed by atoms with Crippen LogP contribution in [-0.2, 0) is 6.54 Å². The Kier molecular flexibility index (Phi) is 5.06. The first-order chi connectivity index (χ1) is 7.69. The van der Waals surface area contributed by atoms with Gasteiger partial charge in [0.15, 0.2) is 0 Å². The first kappa shape index (κ1) is 12.8. The predicted molar refractivity (Wildman–Crippen MR) is 71.4 cm³/mol. The number of nitrogen functional groups attached to an aromatic ring is 1. The Bertz CT molecular complexity index is 345. The van der Waals surface area contributed by atoms with Crippen LogP contribution in [0.5, 0.6) is 0 Å². The summed E-state index contributed by atoms with van der Waals surface area (Å²) in [5.74, 6) is 0. The molecule has 0 saturated carbocycles. The Hall–Kier alpha value is -1.28. The number of benzene rings is 1. The average molecular weight is 218 g/mol. The highest BCUT2D eigenvalue weighted by Crippen LogP contribution is 2.17. The van der Waals surface area contributed by atoms with Crippen LogP contribution < -0.4 is 5.73 Å². The summed E-state index contributed by atoms with van der Waals surface area (Å²) in [6.45, 7) is 11.1. The molecule has 0 heterocycles. The van der Waals surface area contributed by atoms with Crippen LogP contribution in [0.4, 0.5) is 5.69 Å². The fourth-order valence-corrected chi connectivity index (χ4v) is 1.85. The van der Waals surface area contributed by atoms with Gasteiger partial charge in [-0.25, -0.2) is 0 Å². The van der Waals surface area contributed by atoms with Gasteiger partial charge in [-0.15, -0.1) is 6.58 Å². The summed E-state index contributed by atoms with van der Waals surface area (Å²) >= 11 is 0. The first-order valence-corrected chi connectivity index (χ1v) is 5.86. The van der Waals surface area contributed by atoms with Crippen molar-refractivity contribution in [3.8, 4) is 0 Å². The highest BCUT2D eigenvalue weighted by atomic mass is 15.1. The van der Waals surface area contributed by atoms with Crippen molar-refractivity contribution in [1.82, 2.24) is 4.90 Å². The van der Waals surface area contributed by atoms with E-state index in [9.17, 15) is 0 Å². The van der Waals surface area contributed by atoms with Crippen molar-refractivity contribution in [1.29, 1.82) is 0 Å². The molecule has 88 valence electrons. The van der Waals surface area contributed by atoms with E-state index < -0.39 is 0 Å². The molecule has 2 nitrogen and oxygen atoms in total. The Balaban J connectivity index is 2.76. The predicted octanol–water partition coefficient (Wildman–Crippen LogP) is 2.98. The Labute approximate surface area is 98.8 Å². The highest BCUT2D eigenvalue weighted by Gasteiger charge is 2.06. The van der Waals surface area contributed by atoms with Gasteiger partial charge in [-0.3, -0.25) is 4.90 Å². The van der Waals surface area contributed by atoms with Crippen molar-refractivity contribution >= 4 is 5.69 Å². The van der Waals surface area contributed by atoms with Crippen molar-refractivity contribution in [2.24, 2.45) is 0 Å². The maximum atomic E-state index is 5.91. The van der Waals surface area contributed by atoms with Crippen molar-refractivity contribution in [2.45, 2.75) is 26.8 Å². The zero-order chi connectivity index (χ0) is 12.0. The lowest BCUT2D eigenvalue weighted by molar-refractivity contribution is 0.295. The molecule has 0 aliphatic rings. The molecular weight excluding hydrogens is 196 g/mol. The van der Waals surface area contributed by atoms with Crippen molar-refractivity contribution in [3.05, 3.63) is 42.0 Å². The summed E-state index contributed by atoms with van der Waals surface area (Å²) in [6, 6.07) is 6.13. The number of rotatable bonds is 6. The average Bonchev–Trinajstić information content (AvgIpc) is 2.25. The molecule has 0 aromatic heterocycles. The van der Waals surface area contributed by atoms with Gasteiger partial charge in [0.2, 0.25) is 0 Å². The molecule has 0 saturated heterocycles. The van der Waals surface area contributed by atoms with Gasteiger partial charge in [-0.1, -0.05) is 25.1 Å². The Morgan fingerprint density at radius 1 is 1.44 bits per heavy atom. The molecular formula is C14H22N2. The van der Waals surface area contributed by atoms with Crippen molar-refractivity contribution in [3.63, 3.8) is 0 Å². The SMILES string of the molecule is C=CCN(CCC)Cc1cccc(N)c1C. The largest absolute Gasteiger partial charge is 0.399 e. The van der Waals surface area contributed by atoms with Gasteiger partial charge in [0, 0.05) is 18.8 Å². The van der Waals surface area contributed by atoms with E-state index in [0.717, 1.165) is 31.7 Å². The van der Waals surface area contributed by atoms with E-state index in [0.29, 0.717) is 0 Å². The van der Waals surface area contributed by atoms with E-state index in [4.69, 9.17) is 5.73 Å². The van der Waals surface area contributed by atoms with Gasteiger partial charge < -0.3 is 5.73 Å². The minimum Gasteiger partial charge on any atom is -0.399 e. The third-order valence-corrected chi connectivity index (χ3v) is 2.81. The van der Waals surface area contributed by atoms with Crippen LogP contribution >= 0.6 is 0 Å². The molecule has 1 rings (SSSR count). The van der Waals surface area contributed by atoms with Gasteiger partial charge >= 0.3 is 0 Å². The molecule has 0 bridgehead atoms. The van der Waals surface area contributed by atoms with Gasteiger partial charge in [0.1, 0.15) is 0 Å². The van der Waals surface area contributed by atoms with Gasteiger partial charge in [-0.2, -0.15) is 0 Å². The number of hydrogen-bond acceptors (Lipinski definition) is 2. The van der Waals surface area contributed by atoms with Crippen LogP contribution in [0.25, 0.3) is 0 Å². The van der Waals surface area contributed by atoms with Crippen LogP contribution in [0.2, 0.25) is 0 Å². The van der Waals surface area contributed by atoms with Crippen molar-refractivity contribution in [2.75, 3.05) is 18.8 Å². The van der Waals surface area contributed by atoms with Crippen LogP contribution in [0.1, 0.15) is 24.5 Å². The van der Waals surface area contributed by atoms with E-state index >= 15 is 0 Å². The van der Waals surface area contributed by atoms with E-state index in [1.807, 2.05) is 18.2 Å². The number of nitrogens with zero attached hydrogens (tertiary/aromatic N) is 1. The van der Waals surface area contributed by atoms with Gasteiger partial charge in [0.25, 0.3) is 0 Å². The van der Waals surface area contributed by atoms with Crippen LogP contribution in [0.15, 0.2) is 30.9 Å². The minimum atomic E-state index is 0.882. The molecule has 0 radical (unpaired) electrons. The zero-order valence-electron chi connectivity index (χ0n) is 10.4. The molecule has 1 aromatic rings. The third kappa shape index (κ3) is 3.38. The van der Waals surface area contributed by atoms with E-state index in [2.05, 4.69) is 31.4 Å². The van der Waals surface area contributed by atoms with Crippen LogP contribution in [0.3, 0.4) is 0 Å². The molecule has 0 aliphatic heterocycles. The molecule has 0 fully saturated rings. The topological polar surface area (TPSA) is 29.3 Å². The summed E-state index contributed by atoms with van der Waals surface area (Å²) < 4.78 is 0. The summed E-state index contributed by atoms with van der Waals surface area (Å²) in [5, 5.41) is 0. The van der Waals surface area contributed by atoms with E-state index in [1.165, 1.54) is 11.1 Å². The fraction of sp³-hybridized carbons (Fsp3) is 0.429. The van der Waals surface area contributed by atoms with Gasteiger partial charge in [0.05, 0.1) is 0 Å².